The third kappa shape index (κ3) is 3.74. The topological polar surface area (TPSA) is 79.8 Å². The molecule has 0 aliphatic heterocycles. The number of nitrogens with zero attached hydrogens (tertiary/aromatic N) is 3. The van der Waals surface area contributed by atoms with Crippen LogP contribution in [0.25, 0.3) is 0 Å². The summed E-state index contributed by atoms with van der Waals surface area (Å²) in [6, 6.07) is 5.10. The highest BCUT2D eigenvalue weighted by Crippen LogP contribution is 2.19. The monoisotopic (exact) mass is 335 g/mol. The Morgan fingerprint density at radius 1 is 1.45 bits per heavy atom. The van der Waals surface area contributed by atoms with Crippen LogP contribution in [0.3, 0.4) is 0 Å². The van der Waals surface area contributed by atoms with Crippen LogP contribution in [0.1, 0.15) is 23.7 Å². The van der Waals surface area contributed by atoms with E-state index in [1.165, 1.54) is 0 Å². The summed E-state index contributed by atoms with van der Waals surface area (Å²) in [7, 11) is 0. The summed E-state index contributed by atoms with van der Waals surface area (Å²) in [5, 5.41) is 13.4. The summed E-state index contributed by atoms with van der Waals surface area (Å²) in [6.45, 7) is 2.80. The number of hydrogen-bond acceptors (Lipinski definition) is 5. The molecule has 0 unspecified atom stereocenters. The molecule has 2 aromatic heterocycles. The summed E-state index contributed by atoms with van der Waals surface area (Å²) in [5.41, 5.74) is 0.457. The third-order valence-electron chi connectivity index (χ3n) is 2.46. The van der Waals surface area contributed by atoms with Crippen LogP contribution in [0.2, 0.25) is 0 Å². The van der Waals surface area contributed by atoms with Crippen molar-refractivity contribution < 1.29 is 4.79 Å². The van der Waals surface area contributed by atoms with Crippen molar-refractivity contribution >= 4 is 33.5 Å². The van der Waals surface area contributed by atoms with Crippen LogP contribution in [-0.2, 0) is 0 Å². The number of nitrogens with one attached hydrogen (secondary N) is 2. The van der Waals surface area contributed by atoms with Crippen molar-refractivity contribution in [3.05, 3.63) is 40.6 Å². The van der Waals surface area contributed by atoms with Crippen molar-refractivity contribution in [2.75, 3.05) is 17.2 Å². The Bertz CT molecular complexity index is 591. The fourth-order valence-electron chi connectivity index (χ4n) is 1.55. The van der Waals surface area contributed by atoms with Gasteiger partial charge in [0.2, 0.25) is 0 Å². The molecule has 0 aromatic carbocycles. The van der Waals surface area contributed by atoms with Gasteiger partial charge in [-0.1, -0.05) is 6.92 Å². The molecule has 1 amide bonds. The minimum atomic E-state index is -0.280. The van der Waals surface area contributed by atoms with Gasteiger partial charge in [-0.05, 0) is 40.5 Å². The number of carbonyl (C=O) groups excluding carboxylic acids is 1. The Morgan fingerprint density at radius 2 is 2.30 bits per heavy atom. The molecule has 6 nitrogen and oxygen atoms in total. The second-order valence-electron chi connectivity index (χ2n) is 4.04. The van der Waals surface area contributed by atoms with Gasteiger partial charge in [0.05, 0.1) is 5.56 Å². The number of hydrogen-bond donors (Lipinski definition) is 2. The highest BCUT2D eigenvalue weighted by atomic mass is 79.9. The molecule has 0 spiro atoms. The minimum absolute atomic E-state index is 0.280. The predicted octanol–water partition coefficient (Wildman–Crippen LogP) is 2.71. The number of rotatable bonds is 5. The molecule has 0 aliphatic carbocycles. The maximum atomic E-state index is 12.3. The van der Waals surface area contributed by atoms with Crippen molar-refractivity contribution in [3.63, 3.8) is 0 Å². The van der Waals surface area contributed by atoms with Crippen molar-refractivity contribution in [2.45, 2.75) is 13.3 Å². The fourth-order valence-corrected chi connectivity index (χ4v) is 1.88. The zero-order valence-corrected chi connectivity index (χ0v) is 12.5. The molecule has 7 heteroatoms. The van der Waals surface area contributed by atoms with Gasteiger partial charge in [0, 0.05) is 23.4 Å². The minimum Gasteiger partial charge on any atom is -0.369 e. The Labute approximate surface area is 125 Å². The van der Waals surface area contributed by atoms with Gasteiger partial charge in [0.1, 0.15) is 5.82 Å². The van der Waals surface area contributed by atoms with Crippen LogP contribution >= 0.6 is 15.9 Å². The van der Waals surface area contributed by atoms with Crippen molar-refractivity contribution in [2.24, 2.45) is 0 Å². The summed E-state index contributed by atoms with van der Waals surface area (Å²) >= 11 is 3.32. The molecule has 2 rings (SSSR count). The van der Waals surface area contributed by atoms with E-state index in [9.17, 15) is 4.79 Å². The van der Waals surface area contributed by atoms with E-state index in [0.29, 0.717) is 17.2 Å². The average molecular weight is 336 g/mol. The summed E-state index contributed by atoms with van der Waals surface area (Å²) in [4.78, 5) is 16.5. The second kappa shape index (κ2) is 6.95. The van der Waals surface area contributed by atoms with Crippen LogP contribution in [0.15, 0.2) is 35.1 Å². The number of aromatic nitrogens is 3. The lowest BCUT2D eigenvalue weighted by atomic mass is 10.2. The van der Waals surface area contributed by atoms with E-state index >= 15 is 0 Å². The summed E-state index contributed by atoms with van der Waals surface area (Å²) in [5.74, 6) is 0.674. The molecular formula is C13H14BrN5O. The predicted molar refractivity (Wildman–Crippen MR) is 80.7 cm³/mol. The van der Waals surface area contributed by atoms with E-state index in [1.54, 1.807) is 30.6 Å². The molecule has 20 heavy (non-hydrogen) atoms. The molecule has 0 atom stereocenters. The van der Waals surface area contributed by atoms with Gasteiger partial charge in [0.15, 0.2) is 5.82 Å². The average Bonchev–Trinajstić information content (AvgIpc) is 2.47. The zero-order valence-electron chi connectivity index (χ0n) is 10.9. The van der Waals surface area contributed by atoms with Gasteiger partial charge >= 0.3 is 0 Å². The molecule has 0 saturated carbocycles. The van der Waals surface area contributed by atoms with Crippen LogP contribution in [0, 0.1) is 0 Å². The van der Waals surface area contributed by atoms with Crippen LogP contribution in [0.4, 0.5) is 11.6 Å². The normalized spacial score (nSPS) is 10.1. The highest BCUT2D eigenvalue weighted by Gasteiger charge is 2.14. The standard InChI is InChI=1S/C13H14BrN5O/c1-2-5-15-12-10(7-9(14)8-16-12)13(20)18-11-4-3-6-17-19-11/h3-4,6-8H,2,5H2,1H3,(H,15,16)(H,18,19,20). The Morgan fingerprint density at radius 3 is 3.00 bits per heavy atom. The summed E-state index contributed by atoms with van der Waals surface area (Å²) < 4.78 is 0.740. The first-order valence-corrected chi connectivity index (χ1v) is 6.98. The van der Waals surface area contributed by atoms with Gasteiger partial charge in [-0.25, -0.2) is 4.98 Å². The Hall–Kier alpha value is -2.02. The maximum Gasteiger partial charge on any atom is 0.260 e. The molecule has 2 N–H and O–H groups in total. The maximum absolute atomic E-state index is 12.3. The summed E-state index contributed by atoms with van der Waals surface area (Å²) in [6.07, 6.45) is 4.14. The van der Waals surface area contributed by atoms with E-state index in [1.807, 2.05) is 6.92 Å². The number of halogens is 1. The SMILES string of the molecule is CCCNc1ncc(Br)cc1C(=O)Nc1cccnn1. The van der Waals surface area contributed by atoms with Crippen LogP contribution in [-0.4, -0.2) is 27.6 Å². The molecule has 104 valence electrons. The highest BCUT2D eigenvalue weighted by molar-refractivity contribution is 9.10. The van der Waals surface area contributed by atoms with Crippen LogP contribution < -0.4 is 10.6 Å². The molecule has 0 radical (unpaired) electrons. The molecular weight excluding hydrogens is 322 g/mol. The van der Waals surface area contributed by atoms with Crippen molar-refractivity contribution in [1.82, 2.24) is 15.2 Å². The number of anilines is 2. The first-order chi connectivity index (χ1) is 9.70. The first kappa shape index (κ1) is 14.4. The van der Waals surface area contributed by atoms with E-state index in [2.05, 4.69) is 41.7 Å². The lowest BCUT2D eigenvalue weighted by Gasteiger charge is -2.10. The molecule has 2 heterocycles. The van der Waals surface area contributed by atoms with Gasteiger partial charge in [-0.15, -0.1) is 5.10 Å². The molecule has 0 fully saturated rings. The first-order valence-electron chi connectivity index (χ1n) is 6.19. The third-order valence-corrected chi connectivity index (χ3v) is 2.89. The lowest BCUT2D eigenvalue weighted by Crippen LogP contribution is -2.17. The zero-order chi connectivity index (χ0) is 14.4. The van der Waals surface area contributed by atoms with E-state index in [4.69, 9.17) is 0 Å². The van der Waals surface area contributed by atoms with E-state index < -0.39 is 0 Å². The quantitative estimate of drug-likeness (QED) is 0.878. The molecule has 0 bridgehead atoms. The smallest absolute Gasteiger partial charge is 0.260 e. The number of carbonyl (C=O) groups is 1. The van der Waals surface area contributed by atoms with E-state index in [-0.39, 0.29) is 5.91 Å². The van der Waals surface area contributed by atoms with Crippen molar-refractivity contribution in [3.8, 4) is 0 Å². The number of pyridine rings is 1. The molecule has 0 saturated heterocycles. The number of amides is 1. The van der Waals surface area contributed by atoms with Gasteiger partial charge in [-0.2, -0.15) is 5.10 Å². The van der Waals surface area contributed by atoms with Gasteiger partial charge < -0.3 is 10.6 Å². The van der Waals surface area contributed by atoms with E-state index in [0.717, 1.165) is 17.4 Å². The van der Waals surface area contributed by atoms with Crippen molar-refractivity contribution in [1.29, 1.82) is 0 Å². The Balaban J connectivity index is 2.21. The fraction of sp³-hybridized carbons (Fsp3) is 0.231. The molecule has 0 aliphatic rings. The van der Waals surface area contributed by atoms with Gasteiger partial charge in [-0.3, -0.25) is 4.79 Å². The van der Waals surface area contributed by atoms with Gasteiger partial charge in [0.25, 0.3) is 5.91 Å². The molecule has 2 aromatic rings. The Kier molecular flexibility index (Phi) is 5.00. The van der Waals surface area contributed by atoms with Crippen LogP contribution in [0.5, 0.6) is 0 Å². The second-order valence-corrected chi connectivity index (χ2v) is 4.96. The largest absolute Gasteiger partial charge is 0.369 e. The lowest BCUT2D eigenvalue weighted by molar-refractivity contribution is 0.102.